The average molecular weight is 538 g/mol. The van der Waals surface area contributed by atoms with Gasteiger partial charge in [-0.25, -0.2) is 4.79 Å². The molecule has 0 aromatic heterocycles. The number of hydrogen-bond acceptors (Lipinski definition) is 8. The first-order chi connectivity index (χ1) is 19.1. The predicted octanol–water partition coefficient (Wildman–Crippen LogP) is 4.18. The molecule has 2 fully saturated rings. The first-order valence-corrected chi connectivity index (χ1v) is 13.9. The monoisotopic (exact) mass is 537 g/mol. The fraction of sp³-hybridized carbons (Fsp3) is 0.500. The van der Waals surface area contributed by atoms with Crippen LogP contribution in [0.25, 0.3) is 11.1 Å². The van der Waals surface area contributed by atoms with Crippen LogP contribution in [0.2, 0.25) is 0 Å². The van der Waals surface area contributed by atoms with Gasteiger partial charge in [-0.3, -0.25) is 14.9 Å². The number of ether oxygens (including phenoxy) is 3. The van der Waals surface area contributed by atoms with Crippen molar-refractivity contribution in [1.82, 2.24) is 9.80 Å². The summed E-state index contributed by atoms with van der Waals surface area (Å²) >= 11 is 0. The summed E-state index contributed by atoms with van der Waals surface area (Å²) in [5, 5.41) is 2.92. The summed E-state index contributed by atoms with van der Waals surface area (Å²) in [4.78, 5) is 40.6. The lowest BCUT2D eigenvalue weighted by Gasteiger charge is -2.36. The smallest absolute Gasteiger partial charge is 0.411 e. The molecule has 1 unspecified atom stereocenters. The summed E-state index contributed by atoms with van der Waals surface area (Å²) in [6.45, 7) is 6.96. The maximum Gasteiger partial charge on any atom is 0.411 e. The van der Waals surface area contributed by atoms with Crippen LogP contribution in [0.3, 0.4) is 0 Å². The van der Waals surface area contributed by atoms with Crippen molar-refractivity contribution in [1.29, 1.82) is 0 Å². The van der Waals surface area contributed by atoms with Crippen molar-refractivity contribution in [2.24, 2.45) is 5.92 Å². The van der Waals surface area contributed by atoms with Crippen molar-refractivity contribution in [3.8, 4) is 11.1 Å². The predicted molar refractivity (Wildman–Crippen MR) is 148 cm³/mol. The Morgan fingerprint density at radius 1 is 0.897 bits per heavy atom. The number of carbonyl (C=O) groups is 3. The molecular formula is C30H39N3O6. The minimum Gasteiger partial charge on any atom is -0.466 e. The number of para-hydroxylation sites is 1. The number of hydrogen-bond donors (Lipinski definition) is 1. The molecule has 0 aliphatic carbocycles. The van der Waals surface area contributed by atoms with E-state index in [9.17, 15) is 14.4 Å². The molecule has 210 valence electrons. The van der Waals surface area contributed by atoms with Gasteiger partial charge in [0.2, 0.25) is 0 Å². The standard InChI is InChI=1S/C30H39N3O6/c1-2-37-29(35)24(20-32-16-12-25(13-17-32)38-22-34)21-33-18-14-26(15-19-33)39-30(36)31-28-11-7-6-10-27(28)23-8-4-3-5-9-23/h3-11,22,24-26H,2,12-21H2,1H3,(H,31,36). The van der Waals surface area contributed by atoms with E-state index >= 15 is 0 Å². The molecular weight excluding hydrogens is 498 g/mol. The van der Waals surface area contributed by atoms with Crippen molar-refractivity contribution < 1.29 is 28.6 Å². The van der Waals surface area contributed by atoms with Gasteiger partial charge in [0, 0.05) is 44.8 Å². The summed E-state index contributed by atoms with van der Waals surface area (Å²) in [6, 6.07) is 17.6. The van der Waals surface area contributed by atoms with E-state index in [-0.39, 0.29) is 24.1 Å². The molecule has 0 spiro atoms. The van der Waals surface area contributed by atoms with Gasteiger partial charge in [-0.1, -0.05) is 48.5 Å². The van der Waals surface area contributed by atoms with Crippen molar-refractivity contribution in [3.05, 3.63) is 54.6 Å². The highest BCUT2D eigenvalue weighted by Crippen LogP contribution is 2.28. The number of esters is 1. The summed E-state index contributed by atoms with van der Waals surface area (Å²) in [5.74, 6) is -0.442. The lowest BCUT2D eigenvalue weighted by Crippen LogP contribution is -2.47. The van der Waals surface area contributed by atoms with Gasteiger partial charge in [-0.2, -0.15) is 0 Å². The number of benzene rings is 2. The third-order valence-electron chi connectivity index (χ3n) is 7.42. The molecule has 2 heterocycles. The minimum absolute atomic E-state index is 0.0390. The molecule has 0 bridgehead atoms. The third-order valence-corrected chi connectivity index (χ3v) is 7.42. The normalized spacial score (nSPS) is 18.2. The zero-order chi connectivity index (χ0) is 27.5. The highest BCUT2D eigenvalue weighted by molar-refractivity contribution is 5.91. The van der Waals surface area contributed by atoms with Crippen LogP contribution in [0, 0.1) is 5.92 Å². The molecule has 1 N–H and O–H groups in total. The molecule has 1 amide bonds. The molecule has 2 aliphatic rings. The SMILES string of the molecule is CCOC(=O)C(CN1CCC(OC=O)CC1)CN1CCC(OC(=O)Nc2ccccc2-c2ccccc2)CC1. The van der Waals surface area contributed by atoms with Crippen LogP contribution in [0.1, 0.15) is 32.6 Å². The summed E-state index contributed by atoms with van der Waals surface area (Å²) < 4.78 is 16.2. The molecule has 39 heavy (non-hydrogen) atoms. The first kappa shape index (κ1) is 28.6. The molecule has 2 saturated heterocycles. The van der Waals surface area contributed by atoms with Crippen molar-refractivity contribution >= 4 is 24.2 Å². The molecule has 0 radical (unpaired) electrons. The van der Waals surface area contributed by atoms with Crippen LogP contribution < -0.4 is 5.32 Å². The summed E-state index contributed by atoms with van der Waals surface area (Å²) in [6.07, 6.45) is 2.29. The zero-order valence-corrected chi connectivity index (χ0v) is 22.6. The maximum absolute atomic E-state index is 12.7. The largest absolute Gasteiger partial charge is 0.466 e. The molecule has 9 heteroatoms. The maximum atomic E-state index is 12.7. The van der Waals surface area contributed by atoms with Gasteiger partial charge in [0.15, 0.2) is 0 Å². The molecule has 2 aliphatic heterocycles. The zero-order valence-electron chi connectivity index (χ0n) is 22.6. The number of anilines is 1. The molecule has 9 nitrogen and oxygen atoms in total. The van der Waals surface area contributed by atoms with E-state index in [1.807, 2.05) is 61.5 Å². The second kappa shape index (κ2) is 14.6. The Labute approximate surface area is 230 Å². The van der Waals surface area contributed by atoms with Crippen molar-refractivity contribution in [2.75, 3.05) is 51.2 Å². The molecule has 4 rings (SSSR count). The van der Waals surface area contributed by atoms with Gasteiger partial charge in [-0.05, 0) is 44.2 Å². The van der Waals surface area contributed by atoms with Crippen LogP contribution >= 0.6 is 0 Å². The Bertz CT molecular complexity index is 1070. The number of carbonyl (C=O) groups excluding carboxylic acids is 3. The molecule has 0 saturated carbocycles. The number of nitrogens with one attached hydrogen (secondary N) is 1. The van der Waals surface area contributed by atoms with Crippen LogP contribution in [0.4, 0.5) is 10.5 Å². The van der Waals surface area contributed by atoms with Crippen LogP contribution in [-0.2, 0) is 23.8 Å². The third kappa shape index (κ3) is 8.53. The first-order valence-electron chi connectivity index (χ1n) is 13.9. The topological polar surface area (TPSA) is 97.4 Å². The number of nitrogens with zero attached hydrogens (tertiary/aromatic N) is 2. The van der Waals surface area contributed by atoms with E-state index < -0.39 is 6.09 Å². The van der Waals surface area contributed by atoms with E-state index in [4.69, 9.17) is 14.2 Å². The van der Waals surface area contributed by atoms with Gasteiger partial charge in [-0.15, -0.1) is 0 Å². The van der Waals surface area contributed by atoms with Gasteiger partial charge in [0.05, 0.1) is 18.2 Å². The van der Waals surface area contributed by atoms with Gasteiger partial charge in [0.25, 0.3) is 6.47 Å². The lowest BCUT2D eigenvalue weighted by molar-refractivity contribution is -0.149. The Morgan fingerprint density at radius 2 is 1.49 bits per heavy atom. The van der Waals surface area contributed by atoms with E-state index in [0.29, 0.717) is 44.7 Å². The Hall–Kier alpha value is -3.43. The van der Waals surface area contributed by atoms with Crippen LogP contribution in [0.5, 0.6) is 0 Å². The Balaban J connectivity index is 1.25. The molecule has 1 atom stereocenters. The fourth-order valence-electron chi connectivity index (χ4n) is 5.36. The number of piperidine rings is 2. The van der Waals surface area contributed by atoms with E-state index in [0.717, 1.165) is 50.1 Å². The van der Waals surface area contributed by atoms with E-state index in [1.165, 1.54) is 0 Å². The molecule has 2 aromatic carbocycles. The van der Waals surface area contributed by atoms with E-state index in [1.54, 1.807) is 0 Å². The summed E-state index contributed by atoms with van der Waals surface area (Å²) in [7, 11) is 0. The second-order valence-corrected chi connectivity index (χ2v) is 10.1. The lowest BCUT2D eigenvalue weighted by atomic mass is 10.0. The second-order valence-electron chi connectivity index (χ2n) is 10.1. The van der Waals surface area contributed by atoms with Crippen LogP contribution in [0.15, 0.2) is 54.6 Å². The minimum atomic E-state index is -0.455. The summed E-state index contributed by atoms with van der Waals surface area (Å²) in [5.41, 5.74) is 2.68. The number of amides is 1. The van der Waals surface area contributed by atoms with Gasteiger partial charge >= 0.3 is 12.1 Å². The number of likely N-dealkylation sites (tertiary alicyclic amines) is 2. The van der Waals surface area contributed by atoms with Gasteiger partial charge < -0.3 is 24.0 Å². The number of rotatable bonds is 11. The highest BCUT2D eigenvalue weighted by Gasteiger charge is 2.30. The van der Waals surface area contributed by atoms with Crippen molar-refractivity contribution in [3.63, 3.8) is 0 Å². The average Bonchev–Trinajstić information content (AvgIpc) is 2.96. The van der Waals surface area contributed by atoms with E-state index in [2.05, 4.69) is 15.1 Å². The Kier molecular flexibility index (Phi) is 10.7. The quantitative estimate of drug-likeness (QED) is 0.259. The van der Waals surface area contributed by atoms with Crippen LogP contribution in [-0.4, -0.2) is 86.4 Å². The fourth-order valence-corrected chi connectivity index (χ4v) is 5.36. The van der Waals surface area contributed by atoms with Gasteiger partial charge in [0.1, 0.15) is 12.2 Å². The molecule has 2 aromatic rings. The van der Waals surface area contributed by atoms with Crippen molar-refractivity contribution in [2.45, 2.75) is 44.8 Å². The Morgan fingerprint density at radius 3 is 2.10 bits per heavy atom. The highest BCUT2D eigenvalue weighted by atomic mass is 16.6.